The summed E-state index contributed by atoms with van der Waals surface area (Å²) in [5.41, 5.74) is 8.25. The first-order valence-corrected chi connectivity index (χ1v) is 6.44. The van der Waals surface area contributed by atoms with Gasteiger partial charge in [-0.15, -0.1) is 0 Å². The standard InChI is InChI=1S/C14H19N3O2/c1-9(2)8-12-16-14-10(15)4-3-5-11(14)17(12)7-6-13(18)19/h3-5,9H,6-8,15H2,1-2H3,(H,18,19). The molecular formula is C14H19N3O2. The van der Waals surface area contributed by atoms with E-state index in [1.165, 1.54) is 0 Å². The van der Waals surface area contributed by atoms with Crippen LogP contribution in [0.1, 0.15) is 26.1 Å². The molecule has 0 radical (unpaired) electrons. The minimum atomic E-state index is -0.804. The molecular weight excluding hydrogens is 242 g/mol. The topological polar surface area (TPSA) is 81.1 Å². The molecule has 1 aromatic carbocycles. The minimum absolute atomic E-state index is 0.0886. The van der Waals surface area contributed by atoms with Gasteiger partial charge in [0, 0.05) is 13.0 Å². The fourth-order valence-electron chi connectivity index (χ4n) is 2.19. The minimum Gasteiger partial charge on any atom is -0.481 e. The lowest BCUT2D eigenvalue weighted by Crippen LogP contribution is -2.10. The van der Waals surface area contributed by atoms with Crippen LogP contribution in [0.25, 0.3) is 11.0 Å². The first kappa shape index (κ1) is 13.4. The smallest absolute Gasteiger partial charge is 0.305 e. The lowest BCUT2D eigenvalue weighted by Gasteiger charge is -2.09. The second kappa shape index (κ2) is 5.30. The van der Waals surface area contributed by atoms with E-state index in [1.54, 1.807) is 0 Å². The van der Waals surface area contributed by atoms with Crippen LogP contribution in [0.2, 0.25) is 0 Å². The lowest BCUT2D eigenvalue weighted by atomic mass is 10.1. The van der Waals surface area contributed by atoms with Gasteiger partial charge >= 0.3 is 5.97 Å². The van der Waals surface area contributed by atoms with Crippen molar-refractivity contribution >= 4 is 22.7 Å². The summed E-state index contributed by atoms with van der Waals surface area (Å²) in [4.78, 5) is 15.3. The number of anilines is 1. The van der Waals surface area contributed by atoms with Crippen molar-refractivity contribution in [3.8, 4) is 0 Å². The predicted molar refractivity (Wildman–Crippen MR) is 74.9 cm³/mol. The summed E-state index contributed by atoms with van der Waals surface area (Å²) in [5.74, 6) is 0.562. The number of hydrogen-bond donors (Lipinski definition) is 2. The summed E-state index contributed by atoms with van der Waals surface area (Å²) < 4.78 is 1.97. The number of hydrogen-bond acceptors (Lipinski definition) is 3. The Balaban J connectivity index is 2.48. The number of carboxylic acid groups (broad SMARTS) is 1. The summed E-state index contributed by atoms with van der Waals surface area (Å²) in [5, 5.41) is 8.85. The highest BCUT2D eigenvalue weighted by atomic mass is 16.4. The highest BCUT2D eigenvalue weighted by molar-refractivity contribution is 5.87. The Morgan fingerprint density at radius 2 is 2.21 bits per heavy atom. The molecule has 0 saturated heterocycles. The second-order valence-electron chi connectivity index (χ2n) is 5.14. The number of benzene rings is 1. The van der Waals surface area contributed by atoms with E-state index in [0.29, 0.717) is 18.2 Å². The molecule has 0 unspecified atom stereocenters. The molecule has 2 rings (SSSR count). The third-order valence-corrected chi connectivity index (χ3v) is 3.03. The molecule has 0 bridgehead atoms. The predicted octanol–water partition coefficient (Wildman–Crippen LogP) is 2.29. The van der Waals surface area contributed by atoms with Crippen molar-refractivity contribution < 1.29 is 9.90 Å². The number of rotatable bonds is 5. The molecule has 0 aliphatic rings. The van der Waals surface area contributed by atoms with Crippen LogP contribution in [0.5, 0.6) is 0 Å². The van der Waals surface area contributed by atoms with Gasteiger partial charge in [-0.1, -0.05) is 19.9 Å². The van der Waals surface area contributed by atoms with E-state index in [-0.39, 0.29) is 6.42 Å². The highest BCUT2D eigenvalue weighted by Crippen LogP contribution is 2.23. The van der Waals surface area contributed by atoms with Crippen LogP contribution in [-0.2, 0) is 17.8 Å². The number of fused-ring (bicyclic) bond motifs is 1. The number of nitrogens with zero attached hydrogens (tertiary/aromatic N) is 2. The zero-order valence-electron chi connectivity index (χ0n) is 11.3. The van der Waals surface area contributed by atoms with Gasteiger partial charge in [-0.3, -0.25) is 4.79 Å². The van der Waals surface area contributed by atoms with Crippen LogP contribution >= 0.6 is 0 Å². The molecule has 0 atom stereocenters. The Morgan fingerprint density at radius 1 is 1.47 bits per heavy atom. The zero-order valence-corrected chi connectivity index (χ0v) is 11.3. The fourth-order valence-corrected chi connectivity index (χ4v) is 2.19. The molecule has 102 valence electrons. The van der Waals surface area contributed by atoms with E-state index in [9.17, 15) is 4.79 Å². The average Bonchev–Trinajstić information content (AvgIpc) is 2.65. The number of aliphatic carboxylic acids is 1. The molecule has 3 N–H and O–H groups in total. The quantitative estimate of drug-likeness (QED) is 0.809. The summed E-state index contributed by atoms with van der Waals surface area (Å²) in [6, 6.07) is 5.62. The lowest BCUT2D eigenvalue weighted by molar-refractivity contribution is -0.137. The molecule has 0 fully saturated rings. The van der Waals surface area contributed by atoms with Gasteiger partial charge in [-0.2, -0.15) is 0 Å². The second-order valence-corrected chi connectivity index (χ2v) is 5.14. The first-order valence-electron chi connectivity index (χ1n) is 6.44. The van der Waals surface area contributed by atoms with E-state index in [2.05, 4.69) is 18.8 Å². The summed E-state index contributed by atoms with van der Waals surface area (Å²) in [6.07, 6.45) is 0.902. The number of aromatic nitrogens is 2. The maximum absolute atomic E-state index is 10.8. The van der Waals surface area contributed by atoms with Gasteiger partial charge in [0.15, 0.2) is 0 Å². The van der Waals surface area contributed by atoms with E-state index >= 15 is 0 Å². The van der Waals surface area contributed by atoms with E-state index in [0.717, 1.165) is 23.3 Å². The van der Waals surface area contributed by atoms with Gasteiger partial charge in [0.1, 0.15) is 11.3 Å². The van der Waals surface area contributed by atoms with E-state index < -0.39 is 5.97 Å². The number of imidazole rings is 1. The van der Waals surface area contributed by atoms with Crippen LogP contribution in [0.15, 0.2) is 18.2 Å². The number of carbonyl (C=O) groups is 1. The van der Waals surface area contributed by atoms with Gasteiger partial charge in [-0.25, -0.2) is 4.98 Å². The molecule has 0 aliphatic carbocycles. The SMILES string of the molecule is CC(C)Cc1nc2c(N)cccc2n1CCC(=O)O. The highest BCUT2D eigenvalue weighted by Gasteiger charge is 2.14. The van der Waals surface area contributed by atoms with Gasteiger partial charge in [0.2, 0.25) is 0 Å². The monoisotopic (exact) mass is 261 g/mol. The molecule has 19 heavy (non-hydrogen) atoms. The Hall–Kier alpha value is -2.04. The van der Waals surface area contributed by atoms with Crippen molar-refractivity contribution in [2.24, 2.45) is 5.92 Å². The number of carboxylic acids is 1. The van der Waals surface area contributed by atoms with Gasteiger partial charge in [0.25, 0.3) is 0 Å². The molecule has 5 heteroatoms. The summed E-state index contributed by atoms with van der Waals surface area (Å²) in [6.45, 7) is 4.66. The fraction of sp³-hybridized carbons (Fsp3) is 0.429. The first-order chi connectivity index (χ1) is 8.99. The third kappa shape index (κ3) is 2.86. The number of nitrogens with two attached hydrogens (primary N) is 1. The van der Waals surface area contributed by atoms with Gasteiger partial charge in [-0.05, 0) is 18.1 Å². The van der Waals surface area contributed by atoms with E-state index in [1.807, 2.05) is 22.8 Å². The third-order valence-electron chi connectivity index (χ3n) is 3.03. The van der Waals surface area contributed by atoms with Gasteiger partial charge < -0.3 is 15.4 Å². The number of aryl methyl sites for hydroxylation is 1. The average molecular weight is 261 g/mol. The van der Waals surface area contributed by atoms with Crippen LogP contribution < -0.4 is 5.73 Å². The molecule has 1 heterocycles. The van der Waals surface area contributed by atoms with Crippen molar-refractivity contribution in [3.05, 3.63) is 24.0 Å². The Kier molecular flexibility index (Phi) is 3.74. The van der Waals surface area contributed by atoms with Crippen LogP contribution in [0.4, 0.5) is 5.69 Å². The molecule has 0 aliphatic heterocycles. The van der Waals surface area contributed by atoms with Crippen molar-refractivity contribution in [3.63, 3.8) is 0 Å². The largest absolute Gasteiger partial charge is 0.481 e. The molecule has 5 nitrogen and oxygen atoms in total. The molecule has 1 aromatic heterocycles. The van der Waals surface area contributed by atoms with Crippen molar-refractivity contribution in [2.75, 3.05) is 5.73 Å². The molecule has 0 spiro atoms. The molecule has 0 saturated carbocycles. The van der Waals surface area contributed by atoms with Gasteiger partial charge in [0.05, 0.1) is 17.6 Å². The van der Waals surface area contributed by atoms with Crippen molar-refractivity contribution in [1.82, 2.24) is 9.55 Å². The Morgan fingerprint density at radius 3 is 2.84 bits per heavy atom. The number of para-hydroxylation sites is 1. The maximum Gasteiger partial charge on any atom is 0.305 e. The number of nitrogen functional groups attached to an aromatic ring is 1. The summed E-state index contributed by atoms with van der Waals surface area (Å²) in [7, 11) is 0. The Labute approximate surface area is 112 Å². The molecule has 0 amide bonds. The molecule has 2 aromatic rings. The van der Waals surface area contributed by atoms with Crippen molar-refractivity contribution in [1.29, 1.82) is 0 Å². The van der Waals surface area contributed by atoms with Crippen LogP contribution in [0, 0.1) is 5.92 Å². The normalized spacial score (nSPS) is 11.3. The van der Waals surface area contributed by atoms with Crippen LogP contribution in [0.3, 0.4) is 0 Å². The summed E-state index contributed by atoms with van der Waals surface area (Å²) >= 11 is 0. The maximum atomic E-state index is 10.8. The zero-order chi connectivity index (χ0) is 14.0. The van der Waals surface area contributed by atoms with Crippen LogP contribution in [-0.4, -0.2) is 20.6 Å². The van der Waals surface area contributed by atoms with E-state index in [4.69, 9.17) is 10.8 Å². The van der Waals surface area contributed by atoms with Crippen molar-refractivity contribution in [2.45, 2.75) is 33.2 Å². The Bertz CT molecular complexity index is 602.